The smallest absolute Gasteiger partial charge is 0.251 e. The van der Waals surface area contributed by atoms with Gasteiger partial charge >= 0.3 is 0 Å². The van der Waals surface area contributed by atoms with Crippen LogP contribution in [0.1, 0.15) is 31.8 Å². The quantitative estimate of drug-likeness (QED) is 0.0444. The second-order valence-electron chi connectivity index (χ2n) is 17.6. The molecule has 0 aromatic heterocycles. The van der Waals surface area contributed by atoms with E-state index in [0.29, 0.717) is 11.1 Å². The summed E-state index contributed by atoms with van der Waals surface area (Å²) in [6.07, 6.45) is -29.8. The maximum absolute atomic E-state index is 13.9. The third kappa shape index (κ3) is 13.7. The molecule has 3 aromatic rings. The van der Waals surface area contributed by atoms with Crippen molar-refractivity contribution in [3.63, 3.8) is 0 Å². The fourth-order valence-corrected chi connectivity index (χ4v) is 8.20. The average molecular weight is 1020 g/mol. The van der Waals surface area contributed by atoms with Gasteiger partial charge in [-0.2, -0.15) is 0 Å². The molecule has 4 amide bonds. The van der Waals surface area contributed by atoms with E-state index in [0.717, 1.165) is 6.07 Å². The first-order valence-corrected chi connectivity index (χ1v) is 22.5. The van der Waals surface area contributed by atoms with Crippen LogP contribution in [0.5, 0.6) is 0 Å². The SMILES string of the molecule is O=C(N[C@@H]1[C@@H](O)[C@H](O)[C@@H](CNC(=O)[C@H](O)[C@@H](O)[C@H](O)[C@H](O)CO)O[C@@]1(O)Cc1ccccc1)c1cccc(C(=O)N[C@@H]2[C@@H](O)[C@H](O)[C@@H](CNC(=O)[C@H](O)[C@@H](O)[C@H](O)[C@H](O)CO)O[C@@]2(O)Cc2ccccc2)c1. The molecule has 2 saturated heterocycles. The monoisotopic (exact) mass is 1020 g/mol. The van der Waals surface area contributed by atoms with Crippen molar-refractivity contribution in [2.75, 3.05) is 26.3 Å². The zero-order valence-electron chi connectivity index (χ0n) is 38.2. The predicted octanol–water partition coefficient (Wildman–Crippen LogP) is -8.91. The highest BCUT2D eigenvalue weighted by Crippen LogP contribution is 2.33. The minimum absolute atomic E-state index is 0.289. The zero-order chi connectivity index (χ0) is 53.2. The van der Waals surface area contributed by atoms with Crippen LogP contribution in [0.25, 0.3) is 0 Å². The van der Waals surface area contributed by atoms with E-state index in [1.807, 2.05) is 0 Å². The molecule has 72 heavy (non-hydrogen) atoms. The van der Waals surface area contributed by atoms with E-state index in [1.54, 1.807) is 60.7 Å². The summed E-state index contributed by atoms with van der Waals surface area (Å²) in [5, 5.41) is 176. The Morgan fingerprint density at radius 2 is 0.847 bits per heavy atom. The van der Waals surface area contributed by atoms with E-state index in [4.69, 9.17) is 19.7 Å². The highest BCUT2D eigenvalue weighted by atomic mass is 16.7. The molecule has 20 N–H and O–H groups in total. The molecule has 3 aromatic carbocycles. The van der Waals surface area contributed by atoms with Crippen molar-refractivity contribution >= 4 is 23.6 Å². The van der Waals surface area contributed by atoms with Crippen molar-refractivity contribution in [2.24, 2.45) is 0 Å². The first kappa shape index (κ1) is 57.7. The van der Waals surface area contributed by atoms with Crippen LogP contribution in [0.15, 0.2) is 84.9 Å². The van der Waals surface area contributed by atoms with Gasteiger partial charge in [0.05, 0.1) is 13.2 Å². The number of ether oxygens (including phenoxy) is 2. The molecule has 18 atom stereocenters. The van der Waals surface area contributed by atoms with Gasteiger partial charge in [-0.25, -0.2) is 0 Å². The van der Waals surface area contributed by atoms with Crippen molar-refractivity contribution < 1.29 is 110 Å². The number of aliphatic hydroxyl groups excluding tert-OH is 14. The minimum Gasteiger partial charge on any atom is -0.394 e. The first-order chi connectivity index (χ1) is 34.0. The normalized spacial score (nSPS) is 29.8. The maximum Gasteiger partial charge on any atom is 0.251 e. The third-order valence-corrected chi connectivity index (χ3v) is 12.4. The summed E-state index contributed by atoms with van der Waals surface area (Å²) in [5.41, 5.74) is 0.215. The summed E-state index contributed by atoms with van der Waals surface area (Å²) in [6, 6.07) is 17.0. The van der Waals surface area contributed by atoms with Crippen molar-refractivity contribution in [1.29, 1.82) is 0 Å². The summed E-state index contributed by atoms with van der Waals surface area (Å²) in [5.74, 6) is -9.96. The van der Waals surface area contributed by atoms with E-state index >= 15 is 0 Å². The molecule has 2 aliphatic heterocycles. The van der Waals surface area contributed by atoms with Crippen molar-refractivity contribution in [2.45, 2.75) is 122 Å². The second kappa shape index (κ2) is 25.2. The lowest BCUT2D eigenvalue weighted by Gasteiger charge is -2.48. The lowest BCUT2D eigenvalue weighted by Crippen LogP contribution is -2.71. The van der Waals surface area contributed by atoms with E-state index in [1.165, 1.54) is 18.2 Å². The highest BCUT2D eigenvalue weighted by molar-refractivity contribution is 6.00. The van der Waals surface area contributed by atoms with Crippen LogP contribution in [-0.4, -0.2) is 241 Å². The first-order valence-electron chi connectivity index (χ1n) is 22.5. The van der Waals surface area contributed by atoms with Crippen molar-refractivity contribution in [1.82, 2.24) is 21.3 Å². The standard InChI is InChI=1S/C46H62N4O22/c51-19-25(53)29(55)33(59)37(63)43(67)47-17-27-31(57)35(61)39(45(69,71-27)15-21-8-3-1-4-9-21)49-41(65)23-12-7-13-24(14-23)42(66)50-40-36(62)32(58)28(72-46(40,70)16-22-10-5-2-6-11-22)18-48-44(68)38(64)34(60)30(56)26(54)20-52/h1-14,25-40,51-64,69-70H,15-20H2,(H,47,67)(H,48,68)(H,49,65)(H,50,66)/t25-,26-,27-,28-,29-,30-,31-,32-,33+,34+,35+,36+,37-,38-,39-,40-,45+,46+/m1/s1. The van der Waals surface area contributed by atoms with Crippen molar-refractivity contribution in [3.05, 3.63) is 107 Å². The summed E-state index contributed by atoms with van der Waals surface area (Å²) in [6.45, 7) is -3.53. The Morgan fingerprint density at radius 1 is 0.500 bits per heavy atom. The number of rotatable bonds is 22. The molecule has 0 aliphatic carbocycles. The van der Waals surface area contributed by atoms with Gasteiger partial charge in [0, 0.05) is 37.1 Å². The highest BCUT2D eigenvalue weighted by Gasteiger charge is 2.56. The molecule has 0 radical (unpaired) electrons. The molecule has 2 aliphatic rings. The molecule has 0 unspecified atom stereocenters. The molecule has 0 saturated carbocycles. The molecule has 5 rings (SSSR count). The molecule has 2 fully saturated rings. The molecule has 26 heteroatoms. The number of hydrogen-bond donors (Lipinski definition) is 20. The van der Waals surface area contributed by atoms with Gasteiger partial charge in [-0.05, 0) is 29.3 Å². The number of hydrogen-bond acceptors (Lipinski definition) is 22. The van der Waals surface area contributed by atoms with Gasteiger partial charge in [-0.3, -0.25) is 19.2 Å². The molecule has 0 spiro atoms. The van der Waals surface area contributed by atoms with Gasteiger partial charge < -0.3 is 112 Å². The largest absolute Gasteiger partial charge is 0.394 e. The topological polar surface area (TPSA) is 459 Å². The Kier molecular flexibility index (Phi) is 20.2. The van der Waals surface area contributed by atoms with E-state index in [2.05, 4.69) is 21.3 Å². The van der Waals surface area contributed by atoms with E-state index in [-0.39, 0.29) is 11.1 Å². The maximum atomic E-state index is 13.9. The number of aliphatic hydroxyl groups is 16. The van der Waals surface area contributed by atoms with Crippen LogP contribution < -0.4 is 21.3 Å². The fourth-order valence-electron chi connectivity index (χ4n) is 8.20. The molecule has 2 heterocycles. The summed E-state index contributed by atoms with van der Waals surface area (Å²) in [4.78, 5) is 53.3. The van der Waals surface area contributed by atoms with Crippen molar-refractivity contribution in [3.8, 4) is 0 Å². The van der Waals surface area contributed by atoms with E-state index in [9.17, 15) is 90.7 Å². The van der Waals surface area contributed by atoms with Crippen LogP contribution in [0.2, 0.25) is 0 Å². The fraction of sp³-hybridized carbons (Fsp3) is 0.522. The summed E-state index contributed by atoms with van der Waals surface area (Å²) >= 11 is 0. The Morgan fingerprint density at radius 3 is 1.18 bits per heavy atom. The van der Waals surface area contributed by atoms with Gasteiger partial charge in [0.25, 0.3) is 23.6 Å². The Labute approximate surface area is 410 Å². The molecule has 0 bridgehead atoms. The van der Waals surface area contributed by atoms with Crippen LogP contribution in [0.3, 0.4) is 0 Å². The lowest BCUT2D eigenvalue weighted by molar-refractivity contribution is -0.311. The Balaban J connectivity index is 1.33. The average Bonchev–Trinajstić information content (AvgIpc) is 3.38. The third-order valence-electron chi connectivity index (χ3n) is 12.4. The van der Waals surface area contributed by atoms with Gasteiger partial charge in [-0.15, -0.1) is 0 Å². The predicted molar refractivity (Wildman–Crippen MR) is 241 cm³/mol. The van der Waals surface area contributed by atoms with Gasteiger partial charge in [0.15, 0.2) is 23.8 Å². The molecular formula is C46H62N4O22. The second-order valence-corrected chi connectivity index (χ2v) is 17.6. The Hall–Kier alpha value is -5.18. The van der Waals surface area contributed by atoms with Gasteiger partial charge in [0.1, 0.15) is 85.3 Å². The number of amides is 4. The minimum atomic E-state index is -2.57. The van der Waals surface area contributed by atoms with E-state index < -0.39 is 172 Å². The lowest BCUT2D eigenvalue weighted by atomic mass is 9.86. The number of carbonyl (C=O) groups excluding carboxylic acids is 4. The van der Waals surface area contributed by atoms with Gasteiger partial charge in [0.2, 0.25) is 0 Å². The van der Waals surface area contributed by atoms with Crippen LogP contribution in [0, 0.1) is 0 Å². The summed E-state index contributed by atoms with van der Waals surface area (Å²) < 4.78 is 11.7. The molecule has 26 nitrogen and oxygen atoms in total. The van der Waals surface area contributed by atoms with Crippen LogP contribution in [0.4, 0.5) is 0 Å². The Bertz CT molecular complexity index is 2100. The number of carbonyl (C=O) groups is 4. The number of benzene rings is 3. The molecular weight excluding hydrogens is 961 g/mol. The van der Waals surface area contributed by atoms with Crippen LogP contribution >= 0.6 is 0 Å². The van der Waals surface area contributed by atoms with Gasteiger partial charge in [-0.1, -0.05) is 66.7 Å². The summed E-state index contributed by atoms with van der Waals surface area (Å²) in [7, 11) is 0. The van der Waals surface area contributed by atoms with Crippen LogP contribution in [-0.2, 0) is 31.9 Å². The number of nitrogens with one attached hydrogen (secondary N) is 4. The zero-order valence-corrected chi connectivity index (χ0v) is 38.2. The molecule has 398 valence electrons.